The largest absolute Gasteiger partial charge is 0.309 e. The van der Waals surface area contributed by atoms with Gasteiger partial charge in [-0.1, -0.05) is 12.1 Å². The van der Waals surface area contributed by atoms with Gasteiger partial charge in [0.15, 0.2) is 5.78 Å². The summed E-state index contributed by atoms with van der Waals surface area (Å²) in [6, 6.07) is 6.12. The minimum atomic E-state index is 0.156. The molecular weight excluding hydrogens is 224 g/mol. The average Bonchev–Trinajstić information content (AvgIpc) is 2.69. The summed E-state index contributed by atoms with van der Waals surface area (Å²) in [4.78, 5) is 16.0. The van der Waals surface area contributed by atoms with Gasteiger partial charge in [-0.05, 0) is 51.2 Å². The van der Waals surface area contributed by atoms with E-state index in [2.05, 4.69) is 36.0 Å². The van der Waals surface area contributed by atoms with Gasteiger partial charge in [-0.2, -0.15) is 0 Å². The summed E-state index contributed by atoms with van der Waals surface area (Å²) in [5.74, 6) is 0.156. The second kappa shape index (κ2) is 5.63. The summed E-state index contributed by atoms with van der Waals surface area (Å²) >= 11 is 0. The Balaban J connectivity index is 1.93. The second-order valence-electron chi connectivity index (χ2n) is 5.41. The van der Waals surface area contributed by atoms with Crippen LogP contribution in [0.1, 0.15) is 34.8 Å². The van der Waals surface area contributed by atoms with E-state index in [1.807, 2.05) is 6.07 Å². The first-order chi connectivity index (χ1) is 8.56. The van der Waals surface area contributed by atoms with Gasteiger partial charge in [0.05, 0.1) is 0 Å². The third kappa shape index (κ3) is 3.18. The maximum atomic E-state index is 11.4. The molecule has 3 nitrogen and oxygen atoms in total. The minimum absolute atomic E-state index is 0.156. The SMILES string of the molecule is CC(=O)c1ccc2c(c1)CN(CCCN(C)C)C2. The number of ketones is 1. The molecule has 0 saturated carbocycles. The van der Waals surface area contributed by atoms with Gasteiger partial charge in [0, 0.05) is 25.2 Å². The minimum Gasteiger partial charge on any atom is -0.309 e. The molecule has 0 amide bonds. The highest BCUT2D eigenvalue weighted by molar-refractivity contribution is 5.94. The fourth-order valence-corrected chi connectivity index (χ4v) is 2.45. The van der Waals surface area contributed by atoms with E-state index in [0.717, 1.165) is 31.7 Å². The molecule has 0 aromatic heterocycles. The Labute approximate surface area is 109 Å². The lowest BCUT2D eigenvalue weighted by molar-refractivity contribution is 0.101. The molecule has 0 bridgehead atoms. The lowest BCUT2D eigenvalue weighted by Crippen LogP contribution is -2.22. The predicted octanol–water partition coefficient (Wildman–Crippen LogP) is 2.16. The van der Waals surface area contributed by atoms with Crippen molar-refractivity contribution in [1.82, 2.24) is 9.80 Å². The van der Waals surface area contributed by atoms with Crippen molar-refractivity contribution in [2.45, 2.75) is 26.4 Å². The second-order valence-corrected chi connectivity index (χ2v) is 5.41. The first kappa shape index (κ1) is 13.2. The van der Waals surface area contributed by atoms with Gasteiger partial charge in [0.2, 0.25) is 0 Å². The van der Waals surface area contributed by atoms with Crippen LogP contribution < -0.4 is 0 Å². The number of carbonyl (C=O) groups is 1. The molecule has 2 rings (SSSR count). The maximum absolute atomic E-state index is 11.4. The Bertz CT molecular complexity index is 440. The van der Waals surface area contributed by atoms with Crippen LogP contribution in [-0.2, 0) is 13.1 Å². The molecule has 0 N–H and O–H groups in total. The van der Waals surface area contributed by atoms with Crippen molar-refractivity contribution in [2.75, 3.05) is 27.2 Å². The lowest BCUT2D eigenvalue weighted by atomic mass is 10.0. The van der Waals surface area contributed by atoms with Gasteiger partial charge < -0.3 is 4.90 Å². The molecule has 98 valence electrons. The van der Waals surface area contributed by atoms with Gasteiger partial charge in [-0.15, -0.1) is 0 Å². The maximum Gasteiger partial charge on any atom is 0.159 e. The molecule has 1 aromatic rings. The number of fused-ring (bicyclic) bond motifs is 1. The molecule has 0 saturated heterocycles. The fraction of sp³-hybridized carbons (Fsp3) is 0.533. The number of rotatable bonds is 5. The first-order valence-electron chi connectivity index (χ1n) is 6.56. The molecule has 1 aliphatic heterocycles. The lowest BCUT2D eigenvalue weighted by Gasteiger charge is -2.16. The zero-order chi connectivity index (χ0) is 13.1. The van der Waals surface area contributed by atoms with E-state index >= 15 is 0 Å². The zero-order valence-corrected chi connectivity index (χ0v) is 11.6. The number of hydrogen-bond donors (Lipinski definition) is 0. The van der Waals surface area contributed by atoms with Crippen LogP contribution in [0.25, 0.3) is 0 Å². The van der Waals surface area contributed by atoms with Crippen molar-refractivity contribution in [1.29, 1.82) is 0 Å². The molecule has 1 heterocycles. The van der Waals surface area contributed by atoms with Gasteiger partial charge in [0.1, 0.15) is 0 Å². The molecule has 18 heavy (non-hydrogen) atoms. The quantitative estimate of drug-likeness (QED) is 0.744. The Kier molecular flexibility index (Phi) is 4.15. The normalized spacial score (nSPS) is 15.1. The van der Waals surface area contributed by atoms with Crippen LogP contribution >= 0.6 is 0 Å². The van der Waals surface area contributed by atoms with E-state index in [4.69, 9.17) is 0 Å². The van der Waals surface area contributed by atoms with Crippen LogP contribution in [0.4, 0.5) is 0 Å². The van der Waals surface area contributed by atoms with E-state index in [-0.39, 0.29) is 5.78 Å². The van der Waals surface area contributed by atoms with Crippen molar-refractivity contribution < 1.29 is 4.79 Å². The molecule has 0 radical (unpaired) electrons. The van der Waals surface area contributed by atoms with E-state index in [0.29, 0.717) is 0 Å². The number of hydrogen-bond acceptors (Lipinski definition) is 3. The summed E-state index contributed by atoms with van der Waals surface area (Å²) in [5.41, 5.74) is 3.54. The number of nitrogens with zero attached hydrogens (tertiary/aromatic N) is 2. The number of carbonyl (C=O) groups excluding carboxylic acids is 1. The summed E-state index contributed by atoms with van der Waals surface area (Å²) in [7, 11) is 4.22. The standard InChI is InChI=1S/C15H22N2O/c1-12(18)13-5-6-14-10-17(11-15(14)9-13)8-4-7-16(2)3/h5-6,9H,4,7-8,10-11H2,1-3H3. The summed E-state index contributed by atoms with van der Waals surface area (Å²) in [5, 5.41) is 0. The Morgan fingerprint density at radius 1 is 1.28 bits per heavy atom. The van der Waals surface area contributed by atoms with Crippen molar-refractivity contribution in [3.8, 4) is 0 Å². The molecule has 0 atom stereocenters. The van der Waals surface area contributed by atoms with Crippen LogP contribution in [0.15, 0.2) is 18.2 Å². The molecule has 1 aliphatic rings. The summed E-state index contributed by atoms with van der Waals surface area (Å²) < 4.78 is 0. The average molecular weight is 246 g/mol. The molecule has 3 heteroatoms. The van der Waals surface area contributed by atoms with E-state index < -0.39 is 0 Å². The third-order valence-electron chi connectivity index (χ3n) is 3.48. The Morgan fingerprint density at radius 3 is 2.67 bits per heavy atom. The highest BCUT2D eigenvalue weighted by Gasteiger charge is 2.19. The smallest absolute Gasteiger partial charge is 0.159 e. The fourth-order valence-electron chi connectivity index (χ4n) is 2.45. The van der Waals surface area contributed by atoms with E-state index in [9.17, 15) is 4.79 Å². The molecule has 1 aromatic carbocycles. The summed E-state index contributed by atoms with van der Waals surface area (Å²) in [6.45, 7) is 5.91. The van der Waals surface area contributed by atoms with Crippen LogP contribution in [0.2, 0.25) is 0 Å². The van der Waals surface area contributed by atoms with Gasteiger partial charge in [0.25, 0.3) is 0 Å². The van der Waals surface area contributed by atoms with Gasteiger partial charge in [-0.25, -0.2) is 0 Å². The molecule has 0 spiro atoms. The summed E-state index contributed by atoms with van der Waals surface area (Å²) in [6.07, 6.45) is 1.19. The van der Waals surface area contributed by atoms with E-state index in [1.54, 1.807) is 6.92 Å². The van der Waals surface area contributed by atoms with Crippen molar-refractivity contribution in [3.05, 3.63) is 34.9 Å². The Hall–Kier alpha value is -1.19. The predicted molar refractivity (Wildman–Crippen MR) is 73.7 cm³/mol. The van der Waals surface area contributed by atoms with Gasteiger partial charge in [-0.3, -0.25) is 9.69 Å². The van der Waals surface area contributed by atoms with Crippen LogP contribution in [0.5, 0.6) is 0 Å². The van der Waals surface area contributed by atoms with Crippen LogP contribution in [-0.4, -0.2) is 42.8 Å². The molecule has 0 aliphatic carbocycles. The highest BCUT2D eigenvalue weighted by Crippen LogP contribution is 2.24. The molecular formula is C15H22N2O. The van der Waals surface area contributed by atoms with Crippen molar-refractivity contribution in [2.24, 2.45) is 0 Å². The zero-order valence-electron chi connectivity index (χ0n) is 11.6. The topological polar surface area (TPSA) is 23.6 Å². The third-order valence-corrected chi connectivity index (χ3v) is 3.48. The number of Topliss-reactive ketones (excluding diaryl/α,β-unsaturated/α-hetero) is 1. The monoisotopic (exact) mass is 246 g/mol. The van der Waals surface area contributed by atoms with Crippen LogP contribution in [0.3, 0.4) is 0 Å². The number of benzene rings is 1. The van der Waals surface area contributed by atoms with Crippen LogP contribution in [0, 0.1) is 0 Å². The van der Waals surface area contributed by atoms with E-state index in [1.165, 1.54) is 17.5 Å². The van der Waals surface area contributed by atoms with Crippen molar-refractivity contribution in [3.63, 3.8) is 0 Å². The first-order valence-corrected chi connectivity index (χ1v) is 6.56. The van der Waals surface area contributed by atoms with Crippen molar-refractivity contribution >= 4 is 5.78 Å². The molecule has 0 unspecified atom stereocenters. The molecule has 0 fully saturated rings. The van der Waals surface area contributed by atoms with Gasteiger partial charge >= 0.3 is 0 Å². The highest BCUT2D eigenvalue weighted by atomic mass is 16.1. The Morgan fingerprint density at radius 2 is 2.00 bits per heavy atom.